The van der Waals surface area contributed by atoms with Crippen molar-refractivity contribution in [1.29, 1.82) is 0 Å². The highest BCUT2D eigenvalue weighted by Crippen LogP contribution is 2.13. The van der Waals surface area contributed by atoms with Gasteiger partial charge >= 0.3 is 0 Å². The highest BCUT2D eigenvalue weighted by Gasteiger charge is 2.13. The molecule has 1 aliphatic rings. The van der Waals surface area contributed by atoms with Crippen LogP contribution in [0.25, 0.3) is 0 Å². The van der Waals surface area contributed by atoms with Crippen LogP contribution in [0, 0.1) is 13.8 Å². The van der Waals surface area contributed by atoms with Gasteiger partial charge in [-0.2, -0.15) is 5.10 Å². The molecule has 0 aliphatic carbocycles. The van der Waals surface area contributed by atoms with Gasteiger partial charge in [0.15, 0.2) is 6.29 Å². The van der Waals surface area contributed by atoms with Crippen molar-refractivity contribution in [3.8, 4) is 0 Å². The second-order valence-corrected chi connectivity index (χ2v) is 4.32. The number of aryl methyl sites for hydroxylation is 2. The van der Waals surface area contributed by atoms with Crippen LogP contribution < -0.4 is 0 Å². The molecule has 1 fully saturated rings. The lowest BCUT2D eigenvalue weighted by Crippen LogP contribution is -2.24. The normalized spacial score (nSPS) is 21.2. The first-order valence-electron chi connectivity index (χ1n) is 6.00. The van der Waals surface area contributed by atoms with Crippen LogP contribution in [0.3, 0.4) is 0 Å². The number of ether oxygens (including phenoxy) is 2. The molecule has 0 aromatic carbocycles. The molecule has 1 aromatic heterocycles. The first-order chi connectivity index (χ1) is 7.75. The van der Waals surface area contributed by atoms with Crippen molar-refractivity contribution in [2.24, 2.45) is 0 Å². The minimum atomic E-state index is 0.00529. The predicted molar refractivity (Wildman–Crippen MR) is 61.2 cm³/mol. The van der Waals surface area contributed by atoms with E-state index in [-0.39, 0.29) is 6.29 Å². The number of hydrogen-bond acceptors (Lipinski definition) is 3. The zero-order valence-electron chi connectivity index (χ0n) is 10.1. The Balaban J connectivity index is 1.73. The Morgan fingerprint density at radius 1 is 1.50 bits per heavy atom. The van der Waals surface area contributed by atoms with Gasteiger partial charge in [0.2, 0.25) is 0 Å². The van der Waals surface area contributed by atoms with Crippen molar-refractivity contribution in [2.75, 3.05) is 13.2 Å². The van der Waals surface area contributed by atoms with Crippen molar-refractivity contribution in [2.45, 2.75) is 45.9 Å². The lowest BCUT2D eigenvalue weighted by molar-refractivity contribution is -0.163. The zero-order chi connectivity index (χ0) is 11.4. The molecular formula is C12H20N2O2. The molecule has 0 bridgehead atoms. The Morgan fingerprint density at radius 3 is 3.00 bits per heavy atom. The summed E-state index contributed by atoms with van der Waals surface area (Å²) in [7, 11) is 0. The number of aromatic nitrogens is 2. The Bertz CT molecular complexity index is 330. The summed E-state index contributed by atoms with van der Waals surface area (Å²) in [5.74, 6) is 0. The SMILES string of the molecule is Cc1cc(C)n(CCO[C@@H]2CCCCO2)n1. The van der Waals surface area contributed by atoms with Crippen LogP contribution in [0.15, 0.2) is 6.07 Å². The molecular weight excluding hydrogens is 204 g/mol. The molecule has 16 heavy (non-hydrogen) atoms. The fourth-order valence-corrected chi connectivity index (χ4v) is 2.01. The summed E-state index contributed by atoms with van der Waals surface area (Å²) in [6.45, 7) is 6.39. The summed E-state index contributed by atoms with van der Waals surface area (Å²) < 4.78 is 13.2. The molecule has 90 valence electrons. The minimum absolute atomic E-state index is 0.00529. The summed E-state index contributed by atoms with van der Waals surface area (Å²) >= 11 is 0. The Labute approximate surface area is 96.5 Å². The first kappa shape index (κ1) is 11.6. The molecule has 2 rings (SSSR count). The molecule has 1 atom stereocenters. The van der Waals surface area contributed by atoms with E-state index in [4.69, 9.17) is 9.47 Å². The maximum atomic E-state index is 5.67. The molecule has 1 saturated heterocycles. The van der Waals surface area contributed by atoms with Gasteiger partial charge in [-0.1, -0.05) is 0 Å². The van der Waals surface area contributed by atoms with E-state index in [1.165, 1.54) is 12.1 Å². The quantitative estimate of drug-likeness (QED) is 0.785. The second kappa shape index (κ2) is 5.46. The third-order valence-electron chi connectivity index (χ3n) is 2.85. The van der Waals surface area contributed by atoms with E-state index >= 15 is 0 Å². The van der Waals surface area contributed by atoms with Gasteiger partial charge in [-0.3, -0.25) is 4.68 Å². The van der Waals surface area contributed by atoms with Crippen LogP contribution in [0.2, 0.25) is 0 Å². The second-order valence-electron chi connectivity index (χ2n) is 4.32. The van der Waals surface area contributed by atoms with E-state index in [9.17, 15) is 0 Å². The lowest BCUT2D eigenvalue weighted by Gasteiger charge is -2.22. The van der Waals surface area contributed by atoms with Crippen LogP contribution in [-0.4, -0.2) is 29.3 Å². The number of nitrogens with zero attached hydrogens (tertiary/aromatic N) is 2. The molecule has 0 amide bonds. The van der Waals surface area contributed by atoms with E-state index in [2.05, 4.69) is 18.1 Å². The molecule has 4 heteroatoms. The fourth-order valence-electron chi connectivity index (χ4n) is 2.01. The van der Waals surface area contributed by atoms with Crippen molar-refractivity contribution in [1.82, 2.24) is 9.78 Å². The lowest BCUT2D eigenvalue weighted by atomic mass is 10.2. The molecule has 0 radical (unpaired) electrons. The molecule has 2 heterocycles. The van der Waals surface area contributed by atoms with Crippen LogP contribution in [-0.2, 0) is 16.0 Å². The van der Waals surface area contributed by atoms with E-state index in [0.717, 1.165) is 31.7 Å². The van der Waals surface area contributed by atoms with E-state index in [1.54, 1.807) is 0 Å². The molecule has 0 unspecified atom stereocenters. The average molecular weight is 224 g/mol. The molecule has 4 nitrogen and oxygen atoms in total. The van der Waals surface area contributed by atoms with E-state index in [1.807, 2.05) is 11.6 Å². The first-order valence-corrected chi connectivity index (χ1v) is 6.00. The standard InChI is InChI=1S/C12H20N2O2/c1-10-9-11(2)14(13-10)6-8-16-12-5-3-4-7-15-12/h9,12H,3-8H2,1-2H3/t12-/m1/s1. The third kappa shape index (κ3) is 3.06. The van der Waals surface area contributed by atoms with Gasteiger partial charge in [-0.25, -0.2) is 0 Å². The molecule has 1 aromatic rings. The van der Waals surface area contributed by atoms with Crippen molar-refractivity contribution < 1.29 is 9.47 Å². The maximum absolute atomic E-state index is 5.67. The van der Waals surface area contributed by atoms with Gasteiger partial charge in [0.25, 0.3) is 0 Å². The van der Waals surface area contributed by atoms with Crippen molar-refractivity contribution >= 4 is 0 Å². The van der Waals surface area contributed by atoms with Gasteiger partial charge in [0, 0.05) is 12.3 Å². The average Bonchev–Trinajstić information content (AvgIpc) is 2.59. The van der Waals surface area contributed by atoms with Crippen LogP contribution >= 0.6 is 0 Å². The summed E-state index contributed by atoms with van der Waals surface area (Å²) in [5.41, 5.74) is 2.25. The summed E-state index contributed by atoms with van der Waals surface area (Å²) in [6, 6.07) is 2.08. The topological polar surface area (TPSA) is 36.3 Å². The third-order valence-corrected chi connectivity index (χ3v) is 2.85. The summed E-state index contributed by atoms with van der Waals surface area (Å²) in [6.07, 6.45) is 3.41. The predicted octanol–water partition coefficient (Wildman–Crippen LogP) is 2.04. The summed E-state index contributed by atoms with van der Waals surface area (Å²) in [4.78, 5) is 0. The fraction of sp³-hybridized carbons (Fsp3) is 0.750. The molecule has 1 aliphatic heterocycles. The highest BCUT2D eigenvalue weighted by atomic mass is 16.7. The number of hydrogen-bond donors (Lipinski definition) is 0. The van der Waals surface area contributed by atoms with Crippen LogP contribution in [0.5, 0.6) is 0 Å². The Kier molecular flexibility index (Phi) is 3.96. The summed E-state index contributed by atoms with van der Waals surface area (Å²) in [5, 5.41) is 4.39. The van der Waals surface area contributed by atoms with Gasteiger partial charge in [0.1, 0.15) is 0 Å². The van der Waals surface area contributed by atoms with Crippen molar-refractivity contribution in [3.05, 3.63) is 17.5 Å². The van der Waals surface area contributed by atoms with Gasteiger partial charge < -0.3 is 9.47 Å². The molecule has 0 saturated carbocycles. The Morgan fingerprint density at radius 2 is 2.38 bits per heavy atom. The van der Waals surface area contributed by atoms with Gasteiger partial charge in [-0.05, 0) is 39.2 Å². The van der Waals surface area contributed by atoms with Crippen LogP contribution in [0.1, 0.15) is 30.7 Å². The Hall–Kier alpha value is -0.870. The minimum Gasteiger partial charge on any atom is -0.353 e. The van der Waals surface area contributed by atoms with Crippen molar-refractivity contribution in [3.63, 3.8) is 0 Å². The van der Waals surface area contributed by atoms with Crippen LogP contribution in [0.4, 0.5) is 0 Å². The molecule has 0 N–H and O–H groups in total. The molecule has 0 spiro atoms. The monoisotopic (exact) mass is 224 g/mol. The number of rotatable bonds is 4. The highest BCUT2D eigenvalue weighted by molar-refractivity contribution is 5.06. The van der Waals surface area contributed by atoms with E-state index in [0.29, 0.717) is 6.61 Å². The maximum Gasteiger partial charge on any atom is 0.157 e. The van der Waals surface area contributed by atoms with Gasteiger partial charge in [0.05, 0.1) is 18.8 Å². The zero-order valence-corrected chi connectivity index (χ0v) is 10.1. The van der Waals surface area contributed by atoms with E-state index < -0.39 is 0 Å². The largest absolute Gasteiger partial charge is 0.353 e. The smallest absolute Gasteiger partial charge is 0.157 e. The van der Waals surface area contributed by atoms with Gasteiger partial charge in [-0.15, -0.1) is 0 Å².